The number of nitrogens with zero attached hydrogens (tertiary/aromatic N) is 1. The molecule has 106 valence electrons. The molecule has 2 heterocycles. The molecule has 0 spiro atoms. The first-order chi connectivity index (χ1) is 10.3. The summed E-state index contributed by atoms with van der Waals surface area (Å²) in [6.45, 7) is 0.764. The number of aliphatic hydroxyl groups excluding tert-OH is 1. The summed E-state index contributed by atoms with van der Waals surface area (Å²) >= 11 is 0. The first-order valence-corrected chi connectivity index (χ1v) is 7.32. The van der Waals surface area contributed by atoms with Crippen molar-refractivity contribution in [3.63, 3.8) is 0 Å². The molecule has 3 N–H and O–H groups in total. The molecule has 0 unspecified atom stereocenters. The second kappa shape index (κ2) is 4.72. The number of rotatable bonds is 2. The van der Waals surface area contributed by atoms with Gasteiger partial charge in [-0.15, -0.1) is 0 Å². The van der Waals surface area contributed by atoms with Crippen LogP contribution in [0.4, 0.5) is 0 Å². The zero-order chi connectivity index (χ0) is 14.4. The predicted molar refractivity (Wildman–Crippen MR) is 83.8 cm³/mol. The summed E-state index contributed by atoms with van der Waals surface area (Å²) in [7, 11) is 0. The molecule has 1 aliphatic rings. The SMILES string of the molecule is N[C@@H]1c2cc3ccccc3n2C[C@@H]1[C@H](O)c1ccccc1. The van der Waals surface area contributed by atoms with Gasteiger partial charge < -0.3 is 15.4 Å². The Bertz CT molecular complexity index is 778. The van der Waals surface area contributed by atoms with Crippen molar-refractivity contribution >= 4 is 10.9 Å². The summed E-state index contributed by atoms with van der Waals surface area (Å²) in [5, 5.41) is 11.9. The normalized spacial score (nSPS) is 22.4. The van der Waals surface area contributed by atoms with Gasteiger partial charge >= 0.3 is 0 Å². The van der Waals surface area contributed by atoms with E-state index in [1.807, 2.05) is 42.5 Å². The van der Waals surface area contributed by atoms with E-state index in [1.54, 1.807) is 0 Å². The fourth-order valence-corrected chi connectivity index (χ4v) is 3.45. The average Bonchev–Trinajstić information content (AvgIpc) is 3.05. The maximum Gasteiger partial charge on any atom is 0.0854 e. The van der Waals surface area contributed by atoms with Gasteiger partial charge in [0.2, 0.25) is 0 Å². The Balaban J connectivity index is 1.71. The zero-order valence-corrected chi connectivity index (χ0v) is 11.7. The maximum absolute atomic E-state index is 10.7. The number of benzene rings is 2. The quantitative estimate of drug-likeness (QED) is 0.757. The third kappa shape index (κ3) is 1.89. The number of nitrogens with two attached hydrogens (primary N) is 1. The highest BCUT2D eigenvalue weighted by atomic mass is 16.3. The molecule has 0 fully saturated rings. The zero-order valence-electron chi connectivity index (χ0n) is 11.7. The molecule has 0 amide bonds. The second-order valence-corrected chi connectivity index (χ2v) is 5.78. The van der Waals surface area contributed by atoms with Crippen LogP contribution in [0, 0.1) is 5.92 Å². The van der Waals surface area contributed by atoms with Crippen molar-refractivity contribution in [1.82, 2.24) is 4.57 Å². The first kappa shape index (κ1) is 12.6. The van der Waals surface area contributed by atoms with Gasteiger partial charge in [0, 0.05) is 23.7 Å². The Morgan fingerprint density at radius 1 is 1.05 bits per heavy atom. The first-order valence-electron chi connectivity index (χ1n) is 7.32. The largest absolute Gasteiger partial charge is 0.388 e. The fraction of sp³-hybridized carbons (Fsp3) is 0.222. The van der Waals surface area contributed by atoms with Crippen molar-refractivity contribution < 1.29 is 5.11 Å². The molecule has 3 heteroatoms. The minimum Gasteiger partial charge on any atom is -0.388 e. The van der Waals surface area contributed by atoms with Crippen molar-refractivity contribution in [3.05, 3.63) is 71.9 Å². The van der Waals surface area contributed by atoms with Crippen molar-refractivity contribution in [2.45, 2.75) is 18.7 Å². The lowest BCUT2D eigenvalue weighted by Gasteiger charge is -2.22. The number of aliphatic hydroxyl groups is 1. The monoisotopic (exact) mass is 278 g/mol. The Kier molecular flexibility index (Phi) is 2.84. The lowest BCUT2D eigenvalue weighted by Crippen LogP contribution is -2.23. The van der Waals surface area contributed by atoms with Crippen LogP contribution >= 0.6 is 0 Å². The van der Waals surface area contributed by atoms with E-state index in [2.05, 4.69) is 22.8 Å². The Hall–Kier alpha value is -2.10. The standard InChI is InChI=1S/C18H18N2O/c19-17-14(18(21)12-6-2-1-3-7-12)11-20-15-9-5-4-8-13(15)10-16(17)20/h1-10,14,17-18,21H,11,19H2/t14-,17-,18+/m0/s1. The predicted octanol–water partition coefficient (Wildman–Crippen LogP) is 3.00. The van der Waals surface area contributed by atoms with Gasteiger partial charge in [0.05, 0.1) is 12.1 Å². The number of para-hydroxylation sites is 1. The molecule has 4 rings (SSSR count). The molecular weight excluding hydrogens is 260 g/mol. The van der Waals surface area contributed by atoms with E-state index in [0.29, 0.717) is 0 Å². The molecule has 3 nitrogen and oxygen atoms in total. The van der Waals surface area contributed by atoms with Gasteiger partial charge in [0.25, 0.3) is 0 Å². The van der Waals surface area contributed by atoms with Crippen molar-refractivity contribution in [2.24, 2.45) is 11.7 Å². The highest BCUT2D eigenvalue weighted by Crippen LogP contribution is 2.40. The minimum atomic E-state index is -0.528. The molecular formula is C18H18N2O. The van der Waals surface area contributed by atoms with E-state index in [4.69, 9.17) is 5.73 Å². The summed E-state index contributed by atoms with van der Waals surface area (Å²) in [6, 6.07) is 20.1. The maximum atomic E-state index is 10.7. The second-order valence-electron chi connectivity index (χ2n) is 5.78. The van der Waals surface area contributed by atoms with Gasteiger partial charge in [-0.3, -0.25) is 0 Å². The van der Waals surface area contributed by atoms with E-state index in [-0.39, 0.29) is 12.0 Å². The molecule has 1 aliphatic heterocycles. The van der Waals surface area contributed by atoms with E-state index < -0.39 is 6.10 Å². The van der Waals surface area contributed by atoms with Crippen LogP contribution < -0.4 is 5.73 Å². The molecule has 0 saturated heterocycles. The lowest BCUT2D eigenvalue weighted by molar-refractivity contribution is 0.0950. The van der Waals surface area contributed by atoms with E-state index in [1.165, 1.54) is 10.9 Å². The molecule has 2 aromatic carbocycles. The van der Waals surface area contributed by atoms with Crippen molar-refractivity contribution in [1.29, 1.82) is 0 Å². The summed E-state index contributed by atoms with van der Waals surface area (Å²) in [4.78, 5) is 0. The van der Waals surface area contributed by atoms with Crippen LogP contribution in [-0.2, 0) is 6.54 Å². The average molecular weight is 278 g/mol. The van der Waals surface area contributed by atoms with Gasteiger partial charge in [0.15, 0.2) is 0 Å². The molecule has 0 radical (unpaired) electrons. The molecule has 3 aromatic rings. The van der Waals surface area contributed by atoms with Crippen LogP contribution in [0.15, 0.2) is 60.7 Å². The van der Waals surface area contributed by atoms with Gasteiger partial charge in [-0.2, -0.15) is 0 Å². The number of aromatic nitrogens is 1. The fourth-order valence-electron chi connectivity index (χ4n) is 3.45. The summed E-state index contributed by atoms with van der Waals surface area (Å²) in [6.07, 6.45) is -0.528. The summed E-state index contributed by atoms with van der Waals surface area (Å²) in [5.41, 5.74) is 9.67. The topological polar surface area (TPSA) is 51.2 Å². The van der Waals surface area contributed by atoms with E-state index >= 15 is 0 Å². The molecule has 21 heavy (non-hydrogen) atoms. The van der Waals surface area contributed by atoms with Crippen LogP contribution in [-0.4, -0.2) is 9.67 Å². The minimum absolute atomic E-state index is 0.0204. The van der Waals surface area contributed by atoms with E-state index in [0.717, 1.165) is 17.8 Å². The summed E-state index contributed by atoms with van der Waals surface area (Å²) < 4.78 is 2.25. The Morgan fingerprint density at radius 3 is 2.57 bits per heavy atom. The van der Waals surface area contributed by atoms with Crippen LogP contribution in [0.3, 0.4) is 0 Å². The van der Waals surface area contributed by atoms with Crippen LogP contribution in [0.25, 0.3) is 10.9 Å². The molecule has 1 aromatic heterocycles. The lowest BCUT2D eigenvalue weighted by atomic mass is 9.90. The molecule has 0 bridgehead atoms. The number of hydrogen-bond donors (Lipinski definition) is 2. The molecule has 3 atom stereocenters. The third-order valence-corrected chi connectivity index (χ3v) is 4.59. The molecule has 0 saturated carbocycles. The van der Waals surface area contributed by atoms with Gasteiger partial charge in [0.1, 0.15) is 0 Å². The summed E-state index contributed by atoms with van der Waals surface area (Å²) in [5.74, 6) is 0.0204. The van der Waals surface area contributed by atoms with Crippen molar-refractivity contribution in [2.75, 3.05) is 0 Å². The van der Waals surface area contributed by atoms with Crippen molar-refractivity contribution in [3.8, 4) is 0 Å². The molecule has 0 aliphatic carbocycles. The highest BCUT2D eigenvalue weighted by Gasteiger charge is 2.36. The number of hydrogen-bond acceptors (Lipinski definition) is 2. The Morgan fingerprint density at radius 2 is 1.76 bits per heavy atom. The number of fused-ring (bicyclic) bond motifs is 3. The van der Waals surface area contributed by atoms with E-state index in [9.17, 15) is 5.11 Å². The van der Waals surface area contributed by atoms with Crippen LogP contribution in [0.1, 0.15) is 23.4 Å². The van der Waals surface area contributed by atoms with Gasteiger partial charge in [-0.05, 0) is 23.1 Å². The smallest absolute Gasteiger partial charge is 0.0854 e. The van der Waals surface area contributed by atoms with Crippen LogP contribution in [0.2, 0.25) is 0 Å². The van der Waals surface area contributed by atoms with Gasteiger partial charge in [-0.1, -0.05) is 48.5 Å². The van der Waals surface area contributed by atoms with Crippen LogP contribution in [0.5, 0.6) is 0 Å². The Labute approximate surface area is 123 Å². The highest BCUT2D eigenvalue weighted by molar-refractivity contribution is 5.81. The third-order valence-electron chi connectivity index (χ3n) is 4.59. The van der Waals surface area contributed by atoms with Gasteiger partial charge in [-0.25, -0.2) is 0 Å².